The molecule has 1 aromatic carbocycles. The minimum absolute atomic E-state index is 0.0152. The van der Waals surface area contributed by atoms with Crippen molar-refractivity contribution in [2.45, 2.75) is 26.8 Å². The quantitative estimate of drug-likeness (QED) is 0.693. The molecule has 0 aliphatic carbocycles. The third kappa shape index (κ3) is 3.64. The van der Waals surface area contributed by atoms with Gasteiger partial charge < -0.3 is 19.9 Å². The Morgan fingerprint density at radius 1 is 1.44 bits per heavy atom. The van der Waals surface area contributed by atoms with Crippen molar-refractivity contribution < 1.29 is 19.4 Å². The van der Waals surface area contributed by atoms with Gasteiger partial charge >= 0.3 is 5.97 Å². The molecule has 0 radical (unpaired) electrons. The van der Waals surface area contributed by atoms with Crippen LogP contribution in [0.2, 0.25) is 0 Å². The number of rotatable bonds is 5. The second kappa shape index (κ2) is 7.59. The van der Waals surface area contributed by atoms with Crippen LogP contribution in [-0.4, -0.2) is 39.6 Å². The van der Waals surface area contributed by atoms with Crippen LogP contribution in [0.15, 0.2) is 34.2 Å². The summed E-state index contributed by atoms with van der Waals surface area (Å²) in [5.41, 5.74) is 1.76. The van der Waals surface area contributed by atoms with Gasteiger partial charge in [-0.05, 0) is 46.5 Å². The fraction of sp³-hybridized carbons (Fsp3) is 0.389. The van der Waals surface area contributed by atoms with Crippen LogP contribution in [0, 0.1) is 5.92 Å². The summed E-state index contributed by atoms with van der Waals surface area (Å²) in [7, 11) is 1.47. The highest BCUT2D eigenvalue weighted by Crippen LogP contribution is 2.42. The lowest BCUT2D eigenvalue weighted by Gasteiger charge is -2.28. The molecule has 8 nitrogen and oxygen atoms in total. The number of halogens is 1. The van der Waals surface area contributed by atoms with E-state index in [1.54, 1.807) is 23.7 Å². The highest BCUT2D eigenvalue weighted by atomic mass is 79.9. The number of aromatic nitrogens is 3. The van der Waals surface area contributed by atoms with Gasteiger partial charge in [-0.3, -0.25) is 0 Å². The number of esters is 1. The van der Waals surface area contributed by atoms with Gasteiger partial charge in [-0.15, -0.1) is 0 Å². The number of phenolic OH excluding ortho intramolecular Hbond substituents is 1. The number of carbonyl (C=O) groups excluding carboxylic acids is 1. The number of aromatic hydroxyl groups is 1. The Bertz CT molecular complexity index is 907. The van der Waals surface area contributed by atoms with Crippen LogP contribution in [0.1, 0.15) is 32.4 Å². The summed E-state index contributed by atoms with van der Waals surface area (Å²) >= 11 is 3.33. The predicted octanol–water partition coefficient (Wildman–Crippen LogP) is 3.24. The topological polar surface area (TPSA) is 98.5 Å². The molecular weight excluding hydrogens is 416 g/mol. The highest BCUT2D eigenvalue weighted by molar-refractivity contribution is 9.10. The van der Waals surface area contributed by atoms with E-state index < -0.39 is 12.0 Å². The molecule has 27 heavy (non-hydrogen) atoms. The lowest BCUT2D eigenvalue weighted by Crippen LogP contribution is -2.30. The third-order valence-corrected chi connectivity index (χ3v) is 4.75. The second-order valence-electron chi connectivity index (χ2n) is 6.64. The van der Waals surface area contributed by atoms with E-state index in [0.29, 0.717) is 33.9 Å². The molecule has 144 valence electrons. The number of hydrogen-bond acceptors (Lipinski definition) is 7. The number of allylic oxidation sites excluding steroid dienone is 1. The number of benzene rings is 1. The standard InChI is InChI=1S/C18H21BrN4O4/c1-9(2)7-27-17(25)14-10(3)22-18-20-8-21-23(18)15(14)11-5-12(19)16(24)13(6-11)26-4/h5-6,8-9,15,24H,7H2,1-4H3,(H,20,21,22). The van der Waals surface area contributed by atoms with E-state index in [-0.39, 0.29) is 17.4 Å². The Morgan fingerprint density at radius 2 is 2.19 bits per heavy atom. The molecule has 0 fully saturated rings. The van der Waals surface area contributed by atoms with Gasteiger partial charge in [-0.25, -0.2) is 9.48 Å². The van der Waals surface area contributed by atoms with Crippen molar-refractivity contribution in [3.8, 4) is 11.5 Å². The average molecular weight is 437 g/mol. The molecule has 1 aliphatic heterocycles. The van der Waals surface area contributed by atoms with Crippen LogP contribution in [0.25, 0.3) is 0 Å². The first-order valence-electron chi connectivity index (χ1n) is 8.44. The number of hydrogen-bond donors (Lipinski definition) is 2. The fourth-order valence-corrected chi connectivity index (χ4v) is 3.35. The minimum Gasteiger partial charge on any atom is -0.503 e. The molecule has 9 heteroatoms. The van der Waals surface area contributed by atoms with Crippen LogP contribution < -0.4 is 10.1 Å². The minimum atomic E-state index is -0.575. The van der Waals surface area contributed by atoms with Gasteiger partial charge in [0.1, 0.15) is 12.4 Å². The van der Waals surface area contributed by atoms with Crippen LogP contribution >= 0.6 is 15.9 Å². The largest absolute Gasteiger partial charge is 0.503 e. The van der Waals surface area contributed by atoms with Gasteiger partial charge in [0, 0.05) is 5.70 Å². The first-order valence-corrected chi connectivity index (χ1v) is 9.23. The average Bonchev–Trinajstić information content (AvgIpc) is 3.08. The maximum atomic E-state index is 12.9. The maximum Gasteiger partial charge on any atom is 0.338 e. The summed E-state index contributed by atoms with van der Waals surface area (Å²) in [6.45, 7) is 6.06. The first-order chi connectivity index (χ1) is 12.8. The molecule has 1 unspecified atom stereocenters. The second-order valence-corrected chi connectivity index (χ2v) is 7.49. The monoisotopic (exact) mass is 436 g/mol. The van der Waals surface area contributed by atoms with Crippen LogP contribution in [0.3, 0.4) is 0 Å². The summed E-state index contributed by atoms with van der Waals surface area (Å²) < 4.78 is 12.8. The molecule has 1 aliphatic rings. The number of anilines is 1. The van der Waals surface area contributed by atoms with Crippen LogP contribution in [0.5, 0.6) is 11.5 Å². The number of phenols is 1. The molecule has 0 saturated heterocycles. The molecule has 0 bridgehead atoms. The van der Waals surface area contributed by atoms with Crippen molar-refractivity contribution in [1.29, 1.82) is 0 Å². The van der Waals surface area contributed by atoms with Crippen molar-refractivity contribution in [2.24, 2.45) is 5.92 Å². The number of nitrogens with zero attached hydrogens (tertiary/aromatic N) is 3. The van der Waals surface area contributed by atoms with Gasteiger partial charge in [0.05, 0.1) is 23.8 Å². The molecule has 3 rings (SSSR count). The van der Waals surface area contributed by atoms with Gasteiger partial charge in [-0.1, -0.05) is 13.8 Å². The molecule has 1 aromatic heterocycles. The van der Waals surface area contributed by atoms with Crippen molar-refractivity contribution in [1.82, 2.24) is 14.8 Å². The zero-order valence-corrected chi connectivity index (χ0v) is 17.1. The fourth-order valence-electron chi connectivity index (χ4n) is 2.89. The summed E-state index contributed by atoms with van der Waals surface area (Å²) in [6, 6.07) is 2.82. The predicted molar refractivity (Wildman–Crippen MR) is 103 cm³/mol. The Hall–Kier alpha value is -2.55. The van der Waals surface area contributed by atoms with Gasteiger partial charge in [-0.2, -0.15) is 10.1 Å². The SMILES string of the molecule is COc1cc(C2C(C(=O)OCC(C)C)=C(C)Nc3ncnn32)cc(Br)c1O. The lowest BCUT2D eigenvalue weighted by atomic mass is 9.95. The van der Waals surface area contributed by atoms with E-state index in [4.69, 9.17) is 9.47 Å². The Morgan fingerprint density at radius 3 is 2.85 bits per heavy atom. The number of ether oxygens (including phenoxy) is 2. The van der Waals surface area contributed by atoms with E-state index in [0.717, 1.165) is 0 Å². The summed E-state index contributed by atoms with van der Waals surface area (Å²) in [6.07, 6.45) is 1.41. The Balaban J connectivity index is 2.12. The van der Waals surface area contributed by atoms with Crippen LogP contribution in [-0.2, 0) is 9.53 Å². The zero-order valence-electron chi connectivity index (χ0n) is 15.5. The van der Waals surface area contributed by atoms with Gasteiger partial charge in [0.25, 0.3) is 0 Å². The van der Waals surface area contributed by atoms with Crippen molar-refractivity contribution in [3.63, 3.8) is 0 Å². The van der Waals surface area contributed by atoms with E-state index in [2.05, 4.69) is 31.3 Å². The third-order valence-electron chi connectivity index (χ3n) is 4.15. The van der Waals surface area contributed by atoms with Gasteiger partial charge in [0.2, 0.25) is 5.95 Å². The molecular formula is C18H21BrN4O4. The van der Waals surface area contributed by atoms with E-state index in [1.165, 1.54) is 13.4 Å². The molecule has 1 atom stereocenters. The molecule has 2 N–H and O–H groups in total. The number of fused-ring (bicyclic) bond motifs is 1. The molecule has 0 saturated carbocycles. The molecule has 2 aromatic rings. The number of nitrogens with one attached hydrogen (secondary N) is 1. The normalized spacial score (nSPS) is 16.1. The zero-order chi connectivity index (χ0) is 19.7. The van der Waals surface area contributed by atoms with Gasteiger partial charge in [0.15, 0.2) is 11.5 Å². The van der Waals surface area contributed by atoms with Crippen molar-refractivity contribution in [2.75, 3.05) is 19.0 Å². The van der Waals surface area contributed by atoms with E-state index >= 15 is 0 Å². The summed E-state index contributed by atoms with van der Waals surface area (Å²) in [4.78, 5) is 17.1. The summed E-state index contributed by atoms with van der Waals surface area (Å²) in [5.74, 6) is 0.574. The Labute approximate surface area is 165 Å². The molecule has 2 heterocycles. The molecule has 0 amide bonds. The van der Waals surface area contributed by atoms with E-state index in [1.807, 2.05) is 13.8 Å². The number of methoxy groups -OCH3 is 1. The smallest absolute Gasteiger partial charge is 0.338 e. The first kappa shape index (κ1) is 19.2. The summed E-state index contributed by atoms with van der Waals surface area (Å²) in [5, 5.41) is 17.5. The Kier molecular flexibility index (Phi) is 5.41. The lowest BCUT2D eigenvalue weighted by molar-refractivity contribution is -0.140. The van der Waals surface area contributed by atoms with Crippen molar-refractivity contribution in [3.05, 3.63) is 39.8 Å². The van der Waals surface area contributed by atoms with E-state index in [9.17, 15) is 9.90 Å². The highest BCUT2D eigenvalue weighted by Gasteiger charge is 2.35. The van der Waals surface area contributed by atoms with Crippen molar-refractivity contribution >= 4 is 27.8 Å². The maximum absolute atomic E-state index is 12.9. The van der Waals surface area contributed by atoms with Crippen LogP contribution in [0.4, 0.5) is 5.95 Å². The molecule has 0 spiro atoms. The number of carbonyl (C=O) groups is 1.